The lowest BCUT2D eigenvalue weighted by Crippen LogP contribution is -2.38. The molecule has 0 aliphatic heterocycles. The van der Waals surface area contributed by atoms with Crippen LogP contribution in [0.25, 0.3) is 0 Å². The first kappa shape index (κ1) is 12.6. The summed E-state index contributed by atoms with van der Waals surface area (Å²) in [6, 6.07) is 0. The molecule has 15 heavy (non-hydrogen) atoms. The van der Waals surface area contributed by atoms with E-state index in [1.54, 1.807) is 0 Å². The van der Waals surface area contributed by atoms with Gasteiger partial charge in [-0.25, -0.2) is 14.4 Å². The van der Waals surface area contributed by atoms with Crippen molar-refractivity contribution in [1.29, 1.82) is 0 Å². The first-order valence-corrected chi connectivity index (χ1v) is 3.51. The van der Waals surface area contributed by atoms with Gasteiger partial charge < -0.3 is 4.74 Å². The molecule has 0 aromatic heterocycles. The highest BCUT2D eigenvalue weighted by molar-refractivity contribution is 5.60. The smallest absolute Gasteiger partial charge is 0.415 e. The number of ether oxygens (including phenoxy) is 1. The van der Waals surface area contributed by atoms with Crippen LogP contribution in [0.1, 0.15) is 6.92 Å². The van der Waals surface area contributed by atoms with Crippen molar-refractivity contribution in [3.63, 3.8) is 0 Å². The molecule has 9 nitrogen and oxygen atoms in total. The average molecular weight is 213 g/mol. The van der Waals surface area contributed by atoms with E-state index in [9.17, 15) is 19.2 Å². The predicted molar refractivity (Wildman–Crippen MR) is 41.6 cm³/mol. The zero-order valence-electron chi connectivity index (χ0n) is 7.54. The summed E-state index contributed by atoms with van der Waals surface area (Å²) in [5, 5.41) is 8.26. The first-order chi connectivity index (χ1) is 7.16. The van der Waals surface area contributed by atoms with Crippen molar-refractivity contribution in [2.24, 2.45) is 15.3 Å². The molecule has 0 N–H and O–H groups in total. The highest BCUT2D eigenvalue weighted by Crippen LogP contribution is 2.12. The van der Waals surface area contributed by atoms with Crippen LogP contribution in [-0.2, 0) is 19.1 Å². The van der Waals surface area contributed by atoms with Gasteiger partial charge in [-0.3, -0.25) is 0 Å². The van der Waals surface area contributed by atoms with E-state index in [1.165, 1.54) is 6.92 Å². The van der Waals surface area contributed by atoms with Crippen LogP contribution in [0.5, 0.6) is 0 Å². The molecule has 0 heterocycles. The summed E-state index contributed by atoms with van der Waals surface area (Å²) < 4.78 is 4.38. The molecule has 0 radical (unpaired) electrons. The van der Waals surface area contributed by atoms with Crippen LogP contribution in [0.2, 0.25) is 0 Å². The fraction of sp³-hybridized carbons (Fsp3) is 0.333. The van der Waals surface area contributed by atoms with Gasteiger partial charge in [0.1, 0.15) is 0 Å². The first-order valence-electron chi connectivity index (χ1n) is 3.51. The van der Waals surface area contributed by atoms with Gasteiger partial charge in [0.2, 0.25) is 0 Å². The van der Waals surface area contributed by atoms with Crippen molar-refractivity contribution in [3.8, 4) is 0 Å². The summed E-state index contributed by atoms with van der Waals surface area (Å²) in [4.78, 5) is 39.2. The van der Waals surface area contributed by atoms with Crippen LogP contribution in [0.4, 0.5) is 4.79 Å². The molecule has 1 amide bonds. The molecule has 78 valence electrons. The molecule has 0 aromatic rings. The van der Waals surface area contributed by atoms with E-state index < -0.39 is 10.9 Å². The number of carbonyl (C=O) groups excluding carboxylic acids is 4. The Bertz CT molecular complexity index is 341. The van der Waals surface area contributed by atoms with Crippen molar-refractivity contribution in [1.82, 2.24) is 0 Å². The van der Waals surface area contributed by atoms with Gasteiger partial charge in [-0.2, -0.15) is 4.79 Å². The number of hydrogen-bond acceptors (Lipinski definition) is 8. The average Bonchev–Trinajstić information content (AvgIpc) is 2.19. The lowest BCUT2D eigenvalue weighted by atomic mass is 10.9. The molecular formula is C6H5N4O5+. The van der Waals surface area contributed by atoms with E-state index in [0.717, 1.165) is 18.2 Å². The summed E-state index contributed by atoms with van der Waals surface area (Å²) in [5.74, 6) is 0. The van der Waals surface area contributed by atoms with Gasteiger partial charge in [0.25, 0.3) is 0 Å². The second-order valence-corrected chi connectivity index (χ2v) is 1.84. The van der Waals surface area contributed by atoms with Gasteiger partial charge in [-0.05, 0) is 6.92 Å². The number of rotatable bonds is 4. The van der Waals surface area contributed by atoms with Gasteiger partial charge in [0.15, 0.2) is 4.81 Å². The SMILES string of the molecule is CCOC(=O)[N+](N=C=O)(N=C=O)N=C=O. The van der Waals surface area contributed by atoms with Crippen molar-refractivity contribution in [2.75, 3.05) is 6.61 Å². The fourth-order valence-electron chi connectivity index (χ4n) is 0.570. The van der Waals surface area contributed by atoms with Gasteiger partial charge in [-0.15, -0.1) is 0 Å². The summed E-state index contributed by atoms with van der Waals surface area (Å²) in [6.45, 7) is 1.36. The minimum absolute atomic E-state index is 0.0873. The Labute approximate surface area is 82.9 Å². The summed E-state index contributed by atoms with van der Waals surface area (Å²) in [5.41, 5.74) is 0. The Morgan fingerprint density at radius 2 is 1.53 bits per heavy atom. The normalized spacial score (nSPS) is 12.1. The molecular weight excluding hydrogens is 208 g/mol. The molecule has 0 atom stereocenters. The van der Waals surface area contributed by atoms with E-state index in [4.69, 9.17) is 0 Å². The maximum atomic E-state index is 11.2. The van der Waals surface area contributed by atoms with Gasteiger partial charge in [0.05, 0.1) is 21.9 Å². The van der Waals surface area contributed by atoms with E-state index in [2.05, 4.69) is 20.0 Å². The van der Waals surface area contributed by atoms with E-state index >= 15 is 0 Å². The maximum absolute atomic E-state index is 11.2. The van der Waals surface area contributed by atoms with E-state index in [-0.39, 0.29) is 6.61 Å². The highest BCUT2D eigenvalue weighted by Gasteiger charge is 2.44. The molecule has 0 rings (SSSR count). The third-order valence-electron chi connectivity index (χ3n) is 1.05. The molecule has 0 aliphatic rings. The Morgan fingerprint density at radius 1 is 1.13 bits per heavy atom. The van der Waals surface area contributed by atoms with Crippen LogP contribution in [0.3, 0.4) is 0 Å². The van der Waals surface area contributed by atoms with Crippen molar-refractivity contribution >= 4 is 24.3 Å². The van der Waals surface area contributed by atoms with E-state index in [1.807, 2.05) is 0 Å². The molecule has 0 fully saturated rings. The zero-order valence-corrected chi connectivity index (χ0v) is 7.54. The third-order valence-corrected chi connectivity index (χ3v) is 1.05. The monoisotopic (exact) mass is 213 g/mol. The molecule has 0 saturated carbocycles. The topological polar surface area (TPSA) is 115 Å². The van der Waals surface area contributed by atoms with Gasteiger partial charge in [-0.1, -0.05) is 0 Å². The van der Waals surface area contributed by atoms with Crippen LogP contribution in [0, 0.1) is 0 Å². The Balaban J connectivity index is 5.48. The van der Waals surface area contributed by atoms with Crippen molar-refractivity contribution in [2.45, 2.75) is 6.92 Å². The van der Waals surface area contributed by atoms with E-state index in [0.29, 0.717) is 0 Å². The van der Waals surface area contributed by atoms with Crippen LogP contribution in [0.15, 0.2) is 15.3 Å². The molecule has 0 unspecified atom stereocenters. The number of nitrogens with zero attached hydrogens (tertiary/aromatic N) is 4. The summed E-state index contributed by atoms with van der Waals surface area (Å²) in [7, 11) is 0. The second-order valence-electron chi connectivity index (χ2n) is 1.84. The fourth-order valence-corrected chi connectivity index (χ4v) is 0.570. The predicted octanol–water partition coefficient (Wildman–Crippen LogP) is -0.288. The summed E-state index contributed by atoms with van der Waals surface area (Å²) in [6.07, 6.45) is 1.43. The Morgan fingerprint density at radius 3 is 1.80 bits per heavy atom. The number of quaternary nitrogens is 1. The number of isocyanates is 3. The molecule has 0 aliphatic carbocycles. The lowest BCUT2D eigenvalue weighted by molar-refractivity contribution is -0.876. The summed E-state index contributed by atoms with van der Waals surface area (Å²) >= 11 is 0. The largest absolute Gasteiger partial charge is 0.603 e. The molecule has 9 heteroatoms. The molecule has 0 aromatic carbocycles. The highest BCUT2D eigenvalue weighted by atomic mass is 16.6. The molecule has 0 saturated heterocycles. The zero-order chi connectivity index (χ0) is 11.7. The number of carbonyl (C=O) groups is 1. The standard InChI is InChI=1S/C6H5N4O5/c1-2-15-6(14)10(7-3-11,8-4-12)9-5-13/h2H2,1H3/q+1. The maximum Gasteiger partial charge on any atom is 0.603 e. The Kier molecular flexibility index (Phi) is 5.10. The lowest BCUT2D eigenvalue weighted by Gasteiger charge is -2.07. The van der Waals surface area contributed by atoms with Gasteiger partial charge in [0, 0.05) is 0 Å². The minimum Gasteiger partial charge on any atom is -0.415 e. The third kappa shape index (κ3) is 3.07. The molecule has 0 bridgehead atoms. The quantitative estimate of drug-likeness (QED) is 0.275. The van der Waals surface area contributed by atoms with Crippen LogP contribution >= 0.6 is 0 Å². The number of hydrogen-bond donors (Lipinski definition) is 0. The van der Waals surface area contributed by atoms with Crippen LogP contribution in [-0.4, -0.2) is 35.7 Å². The Hall–Kier alpha value is -2.43. The minimum atomic E-state index is -1.88. The second kappa shape index (κ2) is 6.09. The number of amides is 1. The molecule has 0 spiro atoms. The van der Waals surface area contributed by atoms with Crippen molar-refractivity contribution in [3.05, 3.63) is 0 Å². The van der Waals surface area contributed by atoms with Crippen molar-refractivity contribution < 1.29 is 28.7 Å². The van der Waals surface area contributed by atoms with Gasteiger partial charge >= 0.3 is 24.3 Å². The van der Waals surface area contributed by atoms with Crippen LogP contribution < -0.4 is 0 Å².